The second-order valence-electron chi connectivity index (χ2n) is 13.4. The first-order valence-electron chi connectivity index (χ1n) is 17.5. The predicted molar refractivity (Wildman–Crippen MR) is 197 cm³/mol. The molecule has 0 N–H and O–H groups in total. The summed E-state index contributed by atoms with van der Waals surface area (Å²) in [6.45, 7) is 7.20. The highest BCUT2D eigenvalue weighted by Crippen LogP contribution is 2.61. The first-order chi connectivity index (χ1) is 24.8. The molecule has 6 nitrogen and oxygen atoms in total. The van der Waals surface area contributed by atoms with E-state index in [9.17, 15) is 0 Å². The third-order valence-corrected chi connectivity index (χ3v) is 11.2. The number of morpholine rings is 1. The zero-order valence-corrected chi connectivity index (χ0v) is 29.6. The lowest BCUT2D eigenvalue weighted by atomic mass is 9.71. The van der Waals surface area contributed by atoms with E-state index in [4.69, 9.17) is 23.7 Å². The summed E-state index contributed by atoms with van der Waals surface area (Å²) in [5, 5.41) is 1.53. The Labute approximate surface area is 297 Å². The number of fused-ring (bicyclic) bond motifs is 8. The molecule has 1 unspecified atom stereocenters. The summed E-state index contributed by atoms with van der Waals surface area (Å²) in [6.07, 6.45) is 5.44. The molecule has 1 fully saturated rings. The Morgan fingerprint density at radius 3 is 1.98 bits per heavy atom. The summed E-state index contributed by atoms with van der Waals surface area (Å²) < 4.78 is 61.4. The summed E-state index contributed by atoms with van der Waals surface area (Å²) in [6, 6.07) is 22.8. The zero-order chi connectivity index (χ0) is 35.5. The number of benzene rings is 5. The van der Waals surface area contributed by atoms with Crippen molar-refractivity contribution in [2.45, 2.75) is 37.7 Å². The molecule has 1 aliphatic carbocycles. The van der Waals surface area contributed by atoms with Crippen LogP contribution in [0.1, 0.15) is 54.5 Å². The fraction of sp³-hybridized carbons (Fsp3) is 0.302. The van der Waals surface area contributed by atoms with Crippen LogP contribution in [0.5, 0.6) is 23.0 Å². The van der Waals surface area contributed by atoms with Gasteiger partial charge < -0.3 is 28.6 Å². The average Bonchev–Trinajstić information content (AvgIpc) is 3.48. The van der Waals surface area contributed by atoms with Crippen molar-refractivity contribution in [3.05, 3.63) is 118 Å². The zero-order valence-electron chi connectivity index (χ0n) is 29.6. The Hall–Kier alpha value is -5.08. The lowest BCUT2D eigenvalue weighted by molar-refractivity contribution is 0.122. The van der Waals surface area contributed by atoms with Crippen molar-refractivity contribution >= 4 is 22.5 Å². The maximum absolute atomic E-state index is 16.1. The number of nitrogens with zero attached hydrogens (tertiary/aromatic N) is 1. The fourth-order valence-electron chi connectivity index (χ4n) is 8.64. The first-order valence-corrected chi connectivity index (χ1v) is 17.5. The second kappa shape index (κ2) is 12.6. The van der Waals surface area contributed by atoms with E-state index in [0.717, 1.165) is 69.2 Å². The van der Waals surface area contributed by atoms with E-state index in [1.54, 1.807) is 21.3 Å². The highest BCUT2D eigenvalue weighted by molar-refractivity contribution is 6.09. The standard InChI is InChI=1S/C43H41F2NO5/c1-6-42(7-2)39-34(22-28(44)23-35(39)45)38-32-24-36(48-4)37(49-5)25-33(32)41-31(40(38)42)16-17-43(51-41,27-10-14-30(47-3)15-11-27)26-8-12-29(13-9-26)46-18-20-50-21-19-46/h8-17,22-25H,6-7,18-21H2,1-5H3. The van der Waals surface area contributed by atoms with E-state index in [1.165, 1.54) is 6.07 Å². The van der Waals surface area contributed by atoms with Gasteiger partial charge in [-0.15, -0.1) is 0 Å². The molecule has 0 spiro atoms. The molecule has 3 aliphatic rings. The summed E-state index contributed by atoms with van der Waals surface area (Å²) >= 11 is 0. The largest absolute Gasteiger partial charge is 0.497 e. The van der Waals surface area contributed by atoms with Crippen molar-refractivity contribution in [1.82, 2.24) is 0 Å². The van der Waals surface area contributed by atoms with Gasteiger partial charge in [-0.1, -0.05) is 44.2 Å². The van der Waals surface area contributed by atoms with Crippen LogP contribution in [0.3, 0.4) is 0 Å². The van der Waals surface area contributed by atoms with Crippen molar-refractivity contribution in [3.63, 3.8) is 0 Å². The molecular formula is C43H41F2NO5. The van der Waals surface area contributed by atoms with Crippen LogP contribution in [-0.2, 0) is 15.8 Å². The predicted octanol–water partition coefficient (Wildman–Crippen LogP) is 9.42. The van der Waals surface area contributed by atoms with Crippen LogP contribution in [0.25, 0.3) is 28.0 Å². The van der Waals surface area contributed by atoms with Crippen molar-refractivity contribution in [2.24, 2.45) is 0 Å². The van der Waals surface area contributed by atoms with Gasteiger partial charge in [-0.2, -0.15) is 0 Å². The molecule has 2 aliphatic heterocycles. The summed E-state index contributed by atoms with van der Waals surface area (Å²) in [5.41, 5.74) is 4.86. The van der Waals surface area contributed by atoms with Crippen LogP contribution in [0.15, 0.2) is 78.9 Å². The lowest BCUT2D eigenvalue weighted by Gasteiger charge is -2.39. The van der Waals surface area contributed by atoms with Gasteiger partial charge in [0.2, 0.25) is 0 Å². The van der Waals surface area contributed by atoms with Gasteiger partial charge in [0, 0.05) is 57.9 Å². The van der Waals surface area contributed by atoms with Gasteiger partial charge >= 0.3 is 0 Å². The third kappa shape index (κ3) is 4.90. The maximum atomic E-state index is 16.1. The van der Waals surface area contributed by atoms with Gasteiger partial charge in [-0.05, 0) is 83.5 Å². The number of methoxy groups -OCH3 is 3. The third-order valence-electron chi connectivity index (χ3n) is 11.2. The SMILES string of the molecule is CCC1(CC)c2c(F)cc(F)cc2-c2c1c1c(c3cc(OC)c(OC)cc23)OC(c2ccc(OC)cc2)(c2ccc(N3CCOCC3)cc2)C=C1. The minimum atomic E-state index is -1.04. The Balaban J connectivity index is 1.43. The van der Waals surface area contributed by atoms with Crippen molar-refractivity contribution in [2.75, 3.05) is 52.5 Å². The van der Waals surface area contributed by atoms with E-state index in [1.807, 2.05) is 36.4 Å². The number of hydrogen-bond donors (Lipinski definition) is 0. The summed E-state index contributed by atoms with van der Waals surface area (Å²) in [5.74, 6) is 1.26. The van der Waals surface area contributed by atoms with Crippen LogP contribution in [0.2, 0.25) is 0 Å². The van der Waals surface area contributed by atoms with E-state index < -0.39 is 22.7 Å². The molecular weight excluding hydrogens is 648 g/mol. The van der Waals surface area contributed by atoms with Crippen LogP contribution in [-0.4, -0.2) is 47.6 Å². The molecule has 1 saturated heterocycles. The van der Waals surface area contributed by atoms with Crippen molar-refractivity contribution in [3.8, 4) is 34.1 Å². The Morgan fingerprint density at radius 1 is 0.745 bits per heavy atom. The van der Waals surface area contributed by atoms with Gasteiger partial charge in [-0.3, -0.25) is 0 Å². The molecule has 262 valence electrons. The number of ether oxygens (including phenoxy) is 5. The van der Waals surface area contributed by atoms with Gasteiger partial charge in [-0.25, -0.2) is 8.78 Å². The molecule has 5 aromatic carbocycles. The molecule has 8 rings (SSSR count). The molecule has 8 heteroatoms. The molecule has 0 aromatic heterocycles. The van der Waals surface area contributed by atoms with Gasteiger partial charge in [0.1, 0.15) is 23.1 Å². The highest BCUT2D eigenvalue weighted by Gasteiger charge is 2.48. The second-order valence-corrected chi connectivity index (χ2v) is 13.4. The monoisotopic (exact) mass is 689 g/mol. The van der Waals surface area contributed by atoms with Gasteiger partial charge in [0.05, 0.1) is 34.5 Å². The van der Waals surface area contributed by atoms with Crippen LogP contribution >= 0.6 is 0 Å². The topological polar surface area (TPSA) is 49.4 Å². The number of anilines is 1. The molecule has 51 heavy (non-hydrogen) atoms. The molecule has 0 radical (unpaired) electrons. The summed E-state index contributed by atoms with van der Waals surface area (Å²) in [4.78, 5) is 2.32. The number of rotatable bonds is 8. The minimum Gasteiger partial charge on any atom is -0.497 e. The van der Waals surface area contributed by atoms with E-state index in [2.05, 4.69) is 55.2 Å². The Morgan fingerprint density at radius 2 is 1.37 bits per heavy atom. The van der Waals surface area contributed by atoms with Gasteiger partial charge in [0.15, 0.2) is 17.1 Å². The molecule has 2 heterocycles. The van der Waals surface area contributed by atoms with Gasteiger partial charge in [0.25, 0.3) is 0 Å². The van der Waals surface area contributed by atoms with Crippen LogP contribution in [0.4, 0.5) is 14.5 Å². The molecule has 1 atom stereocenters. The first kappa shape index (κ1) is 33.1. The molecule has 0 amide bonds. The normalized spacial score (nSPS) is 18.5. The van der Waals surface area contributed by atoms with E-state index in [0.29, 0.717) is 54.4 Å². The molecule has 5 aromatic rings. The minimum absolute atomic E-state index is 0.516. The van der Waals surface area contributed by atoms with E-state index >= 15 is 8.78 Å². The highest BCUT2D eigenvalue weighted by atomic mass is 19.1. The quantitative estimate of drug-likeness (QED) is 0.162. The Bertz CT molecular complexity index is 2170. The Kier molecular flexibility index (Phi) is 8.18. The molecule has 0 saturated carbocycles. The maximum Gasteiger partial charge on any atom is 0.178 e. The lowest BCUT2D eigenvalue weighted by Crippen LogP contribution is -2.37. The van der Waals surface area contributed by atoms with Crippen LogP contribution < -0.4 is 23.8 Å². The van der Waals surface area contributed by atoms with Crippen molar-refractivity contribution < 1.29 is 32.5 Å². The summed E-state index contributed by atoms with van der Waals surface area (Å²) in [7, 11) is 4.84. The van der Waals surface area contributed by atoms with E-state index in [-0.39, 0.29) is 0 Å². The average molecular weight is 690 g/mol. The van der Waals surface area contributed by atoms with Crippen LogP contribution in [0, 0.1) is 11.6 Å². The number of hydrogen-bond acceptors (Lipinski definition) is 6. The van der Waals surface area contributed by atoms with Crippen molar-refractivity contribution in [1.29, 1.82) is 0 Å². The number of halogens is 2. The molecule has 0 bridgehead atoms. The smallest absolute Gasteiger partial charge is 0.178 e. The fourth-order valence-corrected chi connectivity index (χ4v) is 8.64.